The maximum atomic E-state index is 5.67. The maximum absolute atomic E-state index is 5.67. The molecule has 0 aliphatic heterocycles. The van der Waals surface area contributed by atoms with Crippen molar-refractivity contribution in [1.82, 2.24) is 10.3 Å². The van der Waals surface area contributed by atoms with E-state index in [1.807, 2.05) is 36.0 Å². The molecule has 0 saturated carbocycles. The normalized spacial score (nSPS) is 13.0. The Morgan fingerprint density at radius 2 is 2.22 bits per heavy atom. The van der Waals surface area contributed by atoms with Gasteiger partial charge in [0.1, 0.15) is 5.52 Å². The van der Waals surface area contributed by atoms with Crippen molar-refractivity contribution in [3.05, 3.63) is 30.2 Å². The quantitative estimate of drug-likeness (QED) is 0.834. The molecule has 3 nitrogen and oxygen atoms in total. The first-order chi connectivity index (χ1) is 8.79. The Hall–Kier alpha value is -1.00. The molecule has 1 N–H and O–H groups in total. The number of nitrogens with zero attached hydrogens (tertiary/aromatic N) is 1. The predicted octanol–water partition coefficient (Wildman–Crippen LogP) is 3.10. The van der Waals surface area contributed by atoms with Gasteiger partial charge in [0.05, 0.1) is 0 Å². The van der Waals surface area contributed by atoms with Crippen LogP contribution in [0.1, 0.15) is 19.7 Å². The molecule has 2 aromatic rings. The zero-order valence-corrected chi connectivity index (χ0v) is 11.8. The van der Waals surface area contributed by atoms with Gasteiger partial charge in [-0.05, 0) is 24.8 Å². The van der Waals surface area contributed by atoms with Crippen LogP contribution in [-0.4, -0.2) is 29.1 Å². The Kier molecular flexibility index (Phi) is 5.08. The Balaban J connectivity index is 1.79. The number of nitrogens with one attached hydrogen (secondary N) is 1. The lowest BCUT2D eigenvalue weighted by Crippen LogP contribution is -2.30. The molecule has 98 valence electrons. The maximum Gasteiger partial charge on any atom is 0.196 e. The number of aromatic nitrogens is 1. The van der Waals surface area contributed by atoms with Crippen molar-refractivity contribution < 1.29 is 4.42 Å². The molecule has 0 amide bonds. The largest absolute Gasteiger partial charge is 0.441 e. The van der Waals surface area contributed by atoms with Gasteiger partial charge in [-0.15, -0.1) is 0 Å². The minimum absolute atomic E-state index is 0.541. The van der Waals surface area contributed by atoms with E-state index in [9.17, 15) is 0 Å². The van der Waals surface area contributed by atoms with E-state index < -0.39 is 0 Å². The average molecular weight is 264 g/mol. The molecule has 1 aromatic carbocycles. The van der Waals surface area contributed by atoms with Crippen molar-refractivity contribution in [3.8, 4) is 0 Å². The van der Waals surface area contributed by atoms with Crippen LogP contribution in [0.5, 0.6) is 0 Å². The van der Waals surface area contributed by atoms with Crippen molar-refractivity contribution in [1.29, 1.82) is 0 Å². The molecule has 0 fully saturated rings. The molecule has 0 spiro atoms. The lowest BCUT2D eigenvalue weighted by atomic mass is 10.3. The third-order valence-electron chi connectivity index (χ3n) is 2.74. The first kappa shape index (κ1) is 13.4. The fraction of sp³-hybridized carbons (Fsp3) is 0.500. The van der Waals surface area contributed by atoms with Gasteiger partial charge in [-0.25, -0.2) is 4.98 Å². The molecule has 0 bridgehead atoms. The second kappa shape index (κ2) is 6.81. The van der Waals surface area contributed by atoms with Gasteiger partial charge in [-0.1, -0.05) is 19.1 Å². The van der Waals surface area contributed by atoms with E-state index in [-0.39, 0.29) is 0 Å². The summed E-state index contributed by atoms with van der Waals surface area (Å²) in [4.78, 5) is 4.46. The highest BCUT2D eigenvalue weighted by atomic mass is 32.2. The zero-order valence-electron chi connectivity index (χ0n) is 11.0. The van der Waals surface area contributed by atoms with Crippen molar-refractivity contribution >= 4 is 22.9 Å². The monoisotopic (exact) mass is 264 g/mol. The van der Waals surface area contributed by atoms with Crippen LogP contribution >= 0.6 is 11.8 Å². The second-order valence-corrected chi connectivity index (χ2v) is 5.66. The Morgan fingerprint density at radius 3 is 3.00 bits per heavy atom. The van der Waals surface area contributed by atoms with Crippen LogP contribution in [0.15, 0.2) is 28.7 Å². The van der Waals surface area contributed by atoms with Crippen LogP contribution in [0.3, 0.4) is 0 Å². The van der Waals surface area contributed by atoms with Gasteiger partial charge in [-0.2, -0.15) is 11.8 Å². The van der Waals surface area contributed by atoms with Crippen LogP contribution < -0.4 is 5.32 Å². The fourth-order valence-electron chi connectivity index (χ4n) is 1.81. The second-order valence-electron chi connectivity index (χ2n) is 4.34. The lowest BCUT2D eigenvalue weighted by Gasteiger charge is -2.11. The van der Waals surface area contributed by atoms with Crippen molar-refractivity contribution in [2.45, 2.75) is 26.3 Å². The van der Waals surface area contributed by atoms with Crippen molar-refractivity contribution in [2.24, 2.45) is 0 Å². The Morgan fingerprint density at radius 1 is 1.39 bits per heavy atom. The SMILES string of the molecule is CCSCC(C)NCCc1nc2ccccc2o1. The number of para-hydroxylation sites is 2. The Bertz CT molecular complexity index is 450. The number of thioether (sulfide) groups is 1. The van der Waals surface area contributed by atoms with Crippen LogP contribution in [0, 0.1) is 0 Å². The summed E-state index contributed by atoms with van der Waals surface area (Å²) in [7, 11) is 0. The van der Waals surface area contributed by atoms with Gasteiger partial charge in [0.15, 0.2) is 11.5 Å². The highest BCUT2D eigenvalue weighted by Crippen LogP contribution is 2.14. The molecule has 1 heterocycles. The molecule has 4 heteroatoms. The minimum Gasteiger partial charge on any atom is -0.441 e. The first-order valence-electron chi connectivity index (χ1n) is 6.45. The fourth-order valence-corrected chi connectivity index (χ4v) is 2.51. The summed E-state index contributed by atoms with van der Waals surface area (Å²) in [5.41, 5.74) is 1.82. The number of rotatable bonds is 7. The van der Waals surface area contributed by atoms with Gasteiger partial charge >= 0.3 is 0 Å². The number of benzene rings is 1. The molecular formula is C14H20N2OS. The molecule has 1 unspecified atom stereocenters. The van der Waals surface area contributed by atoms with E-state index in [0.29, 0.717) is 6.04 Å². The molecule has 0 radical (unpaired) electrons. The van der Waals surface area contributed by atoms with E-state index >= 15 is 0 Å². The standard InChI is InChI=1S/C14H20N2OS/c1-3-18-10-11(2)15-9-8-14-16-12-6-4-5-7-13(12)17-14/h4-7,11,15H,3,8-10H2,1-2H3. The highest BCUT2D eigenvalue weighted by Gasteiger charge is 2.05. The molecule has 0 aliphatic rings. The zero-order chi connectivity index (χ0) is 12.8. The summed E-state index contributed by atoms with van der Waals surface area (Å²) in [5.74, 6) is 3.15. The number of hydrogen-bond donors (Lipinski definition) is 1. The highest BCUT2D eigenvalue weighted by molar-refractivity contribution is 7.99. The molecular weight excluding hydrogens is 244 g/mol. The summed E-state index contributed by atoms with van der Waals surface area (Å²) in [6, 6.07) is 8.44. The minimum atomic E-state index is 0.541. The summed E-state index contributed by atoms with van der Waals surface area (Å²) in [6.45, 7) is 5.32. The van der Waals surface area contributed by atoms with E-state index in [1.165, 1.54) is 5.75 Å². The van der Waals surface area contributed by atoms with Gasteiger partial charge < -0.3 is 9.73 Å². The van der Waals surface area contributed by atoms with Gasteiger partial charge in [0.2, 0.25) is 0 Å². The van der Waals surface area contributed by atoms with E-state index in [0.717, 1.165) is 35.7 Å². The van der Waals surface area contributed by atoms with Gasteiger partial charge in [0, 0.05) is 24.8 Å². The number of oxazole rings is 1. The van der Waals surface area contributed by atoms with Gasteiger partial charge in [-0.3, -0.25) is 0 Å². The van der Waals surface area contributed by atoms with Crippen molar-refractivity contribution in [3.63, 3.8) is 0 Å². The summed E-state index contributed by atoms with van der Waals surface area (Å²) in [5, 5.41) is 3.49. The topological polar surface area (TPSA) is 38.1 Å². The summed E-state index contributed by atoms with van der Waals surface area (Å²) >= 11 is 1.96. The molecule has 0 saturated heterocycles. The predicted molar refractivity (Wildman–Crippen MR) is 78.2 cm³/mol. The van der Waals surface area contributed by atoms with Crippen LogP contribution in [0.25, 0.3) is 11.1 Å². The smallest absolute Gasteiger partial charge is 0.196 e. The Labute approximate surface area is 112 Å². The lowest BCUT2D eigenvalue weighted by molar-refractivity contribution is 0.502. The molecule has 0 aliphatic carbocycles. The number of fused-ring (bicyclic) bond motifs is 1. The first-order valence-corrected chi connectivity index (χ1v) is 7.60. The number of hydrogen-bond acceptors (Lipinski definition) is 4. The molecule has 2 rings (SSSR count). The van der Waals surface area contributed by atoms with E-state index in [2.05, 4.69) is 24.1 Å². The van der Waals surface area contributed by atoms with E-state index in [4.69, 9.17) is 4.42 Å². The van der Waals surface area contributed by atoms with Crippen molar-refractivity contribution in [2.75, 3.05) is 18.1 Å². The molecule has 1 aromatic heterocycles. The summed E-state index contributed by atoms with van der Waals surface area (Å²) in [6.07, 6.45) is 0.843. The third kappa shape index (κ3) is 3.75. The van der Waals surface area contributed by atoms with Crippen LogP contribution in [-0.2, 0) is 6.42 Å². The molecule has 1 atom stereocenters. The van der Waals surface area contributed by atoms with E-state index in [1.54, 1.807) is 0 Å². The van der Waals surface area contributed by atoms with Gasteiger partial charge in [0.25, 0.3) is 0 Å². The average Bonchev–Trinajstić information content (AvgIpc) is 2.79. The van der Waals surface area contributed by atoms with Crippen LogP contribution in [0.4, 0.5) is 0 Å². The van der Waals surface area contributed by atoms with Crippen LogP contribution in [0.2, 0.25) is 0 Å². The summed E-state index contributed by atoms with van der Waals surface area (Å²) < 4.78 is 5.67. The third-order valence-corrected chi connectivity index (χ3v) is 3.89. The molecule has 18 heavy (non-hydrogen) atoms.